The van der Waals surface area contributed by atoms with E-state index in [4.69, 9.17) is 0 Å². The van der Waals surface area contributed by atoms with Crippen LogP contribution in [0.3, 0.4) is 0 Å². The number of anilines is 2. The third kappa shape index (κ3) is 2.88. The van der Waals surface area contributed by atoms with Crippen molar-refractivity contribution in [3.05, 3.63) is 11.9 Å². The summed E-state index contributed by atoms with van der Waals surface area (Å²) in [5, 5.41) is 7.35. The molecule has 1 aromatic heterocycles. The number of nitrogens with one attached hydrogen (secondary N) is 2. The van der Waals surface area contributed by atoms with Crippen LogP contribution in [0.1, 0.15) is 37.4 Å². The van der Waals surface area contributed by atoms with E-state index in [-0.39, 0.29) is 0 Å². The molecule has 2 N–H and O–H groups in total. The van der Waals surface area contributed by atoms with Gasteiger partial charge in [0.2, 0.25) is 0 Å². The van der Waals surface area contributed by atoms with E-state index in [1.165, 1.54) is 31.4 Å². The van der Waals surface area contributed by atoms with Crippen LogP contribution in [0.15, 0.2) is 6.07 Å². The normalized spacial score (nSPS) is 23.1. The molecule has 0 bridgehead atoms. The molecule has 1 saturated carbocycles. The minimum Gasteiger partial charge on any atom is -0.373 e. The predicted molar refractivity (Wildman–Crippen MR) is 77.5 cm³/mol. The van der Waals surface area contributed by atoms with E-state index in [9.17, 15) is 0 Å². The lowest BCUT2D eigenvalue weighted by Crippen LogP contribution is -2.15. The Morgan fingerprint density at radius 2 is 2.11 bits per heavy atom. The molecule has 1 atom stereocenters. The summed E-state index contributed by atoms with van der Waals surface area (Å²) >= 11 is 2.07. The van der Waals surface area contributed by atoms with Crippen molar-refractivity contribution in [2.24, 2.45) is 0 Å². The van der Waals surface area contributed by atoms with Gasteiger partial charge in [0.15, 0.2) is 0 Å². The number of hydrogen-bond acceptors (Lipinski definition) is 5. The van der Waals surface area contributed by atoms with Crippen molar-refractivity contribution in [2.75, 3.05) is 30.0 Å². The SMILES string of the molecule is CNc1cc(NCC2CCCS2)nc(C2CC2)n1. The van der Waals surface area contributed by atoms with Crippen molar-refractivity contribution >= 4 is 23.4 Å². The maximum absolute atomic E-state index is 4.63. The Bertz CT molecular complexity index is 413. The summed E-state index contributed by atoms with van der Waals surface area (Å²) < 4.78 is 0. The molecular weight excluding hydrogens is 244 g/mol. The van der Waals surface area contributed by atoms with Gasteiger partial charge in [-0.2, -0.15) is 11.8 Å². The minimum absolute atomic E-state index is 0.597. The lowest BCUT2D eigenvalue weighted by Gasteiger charge is -2.12. The average Bonchev–Trinajstić information content (AvgIpc) is 3.13. The summed E-state index contributed by atoms with van der Waals surface area (Å²) in [5.41, 5.74) is 0. The quantitative estimate of drug-likeness (QED) is 0.856. The Balaban J connectivity index is 1.67. The van der Waals surface area contributed by atoms with E-state index in [1.54, 1.807) is 0 Å². The number of rotatable bonds is 5. The Morgan fingerprint density at radius 3 is 2.78 bits per heavy atom. The summed E-state index contributed by atoms with van der Waals surface area (Å²) in [6.07, 6.45) is 5.17. The van der Waals surface area contributed by atoms with Gasteiger partial charge in [-0.05, 0) is 31.4 Å². The number of nitrogens with zero attached hydrogens (tertiary/aromatic N) is 2. The van der Waals surface area contributed by atoms with Gasteiger partial charge in [0, 0.05) is 30.8 Å². The zero-order chi connectivity index (χ0) is 12.4. The summed E-state index contributed by atoms with van der Waals surface area (Å²) in [5.74, 6) is 4.81. The third-order valence-corrected chi connectivity index (χ3v) is 4.88. The fourth-order valence-corrected chi connectivity index (χ4v) is 3.43. The van der Waals surface area contributed by atoms with Gasteiger partial charge in [-0.15, -0.1) is 0 Å². The fourth-order valence-electron chi connectivity index (χ4n) is 2.23. The smallest absolute Gasteiger partial charge is 0.136 e. The van der Waals surface area contributed by atoms with E-state index in [0.717, 1.165) is 29.3 Å². The van der Waals surface area contributed by atoms with Crippen molar-refractivity contribution in [2.45, 2.75) is 36.9 Å². The van der Waals surface area contributed by atoms with Gasteiger partial charge in [0.05, 0.1) is 0 Å². The topological polar surface area (TPSA) is 49.8 Å². The first kappa shape index (κ1) is 12.1. The molecule has 4 nitrogen and oxygen atoms in total. The van der Waals surface area contributed by atoms with Crippen LogP contribution in [0.4, 0.5) is 11.6 Å². The predicted octanol–water partition coefficient (Wildman–Crippen LogP) is 2.70. The van der Waals surface area contributed by atoms with Crippen LogP contribution in [0.2, 0.25) is 0 Å². The highest BCUT2D eigenvalue weighted by Crippen LogP contribution is 2.38. The van der Waals surface area contributed by atoms with Gasteiger partial charge in [0.25, 0.3) is 0 Å². The van der Waals surface area contributed by atoms with E-state index < -0.39 is 0 Å². The summed E-state index contributed by atoms with van der Waals surface area (Å²) in [7, 11) is 1.91. The van der Waals surface area contributed by atoms with Gasteiger partial charge in [-0.25, -0.2) is 9.97 Å². The molecule has 0 radical (unpaired) electrons. The zero-order valence-corrected chi connectivity index (χ0v) is 11.6. The monoisotopic (exact) mass is 264 g/mol. The number of aromatic nitrogens is 2. The molecule has 0 aromatic carbocycles. The van der Waals surface area contributed by atoms with Crippen LogP contribution in [-0.4, -0.2) is 34.6 Å². The van der Waals surface area contributed by atoms with Crippen LogP contribution in [-0.2, 0) is 0 Å². The minimum atomic E-state index is 0.597. The first-order chi connectivity index (χ1) is 8.85. The van der Waals surface area contributed by atoms with E-state index in [2.05, 4.69) is 32.4 Å². The molecule has 1 aliphatic carbocycles. The van der Waals surface area contributed by atoms with Crippen molar-refractivity contribution in [3.63, 3.8) is 0 Å². The molecule has 5 heteroatoms. The maximum Gasteiger partial charge on any atom is 0.136 e. The molecule has 1 aliphatic heterocycles. The molecular formula is C13H20N4S. The van der Waals surface area contributed by atoms with Gasteiger partial charge in [-0.1, -0.05) is 0 Å². The van der Waals surface area contributed by atoms with Gasteiger partial charge < -0.3 is 10.6 Å². The molecule has 3 rings (SSSR count). The highest BCUT2D eigenvalue weighted by atomic mass is 32.2. The lowest BCUT2D eigenvalue weighted by atomic mass is 10.2. The molecule has 1 aromatic rings. The molecule has 98 valence electrons. The summed E-state index contributed by atoms with van der Waals surface area (Å²) in [6, 6.07) is 2.01. The molecule has 1 unspecified atom stereocenters. The second-order valence-corrected chi connectivity index (χ2v) is 6.45. The molecule has 2 fully saturated rings. The first-order valence-corrected chi connectivity index (χ1v) is 7.82. The van der Waals surface area contributed by atoms with Crippen LogP contribution < -0.4 is 10.6 Å². The van der Waals surface area contributed by atoms with E-state index in [1.807, 2.05) is 13.1 Å². The van der Waals surface area contributed by atoms with Crippen molar-refractivity contribution < 1.29 is 0 Å². The first-order valence-electron chi connectivity index (χ1n) is 6.77. The second kappa shape index (κ2) is 5.34. The molecule has 2 heterocycles. The van der Waals surface area contributed by atoms with Gasteiger partial charge in [0.1, 0.15) is 17.5 Å². The van der Waals surface area contributed by atoms with Crippen LogP contribution in [0.5, 0.6) is 0 Å². The van der Waals surface area contributed by atoms with Crippen LogP contribution >= 0.6 is 11.8 Å². The standard InChI is InChI=1S/C13H20N4S/c1-14-11-7-12(15-8-10-3-2-6-18-10)17-13(16-11)9-4-5-9/h7,9-10H,2-6,8H2,1H3,(H2,14,15,16,17). The maximum atomic E-state index is 4.63. The number of hydrogen-bond donors (Lipinski definition) is 2. The van der Waals surface area contributed by atoms with Crippen LogP contribution in [0, 0.1) is 0 Å². The zero-order valence-electron chi connectivity index (χ0n) is 10.8. The Morgan fingerprint density at radius 1 is 1.28 bits per heavy atom. The highest BCUT2D eigenvalue weighted by Gasteiger charge is 2.27. The molecule has 2 aliphatic rings. The molecule has 1 saturated heterocycles. The van der Waals surface area contributed by atoms with E-state index >= 15 is 0 Å². The summed E-state index contributed by atoms with van der Waals surface area (Å²) in [4.78, 5) is 9.16. The van der Waals surface area contributed by atoms with Gasteiger partial charge >= 0.3 is 0 Å². The van der Waals surface area contributed by atoms with Crippen molar-refractivity contribution in [3.8, 4) is 0 Å². The van der Waals surface area contributed by atoms with Crippen molar-refractivity contribution in [1.82, 2.24) is 9.97 Å². The fraction of sp³-hybridized carbons (Fsp3) is 0.692. The lowest BCUT2D eigenvalue weighted by molar-refractivity contribution is 0.801. The Labute approximate surface area is 112 Å². The average molecular weight is 264 g/mol. The molecule has 18 heavy (non-hydrogen) atoms. The summed E-state index contributed by atoms with van der Waals surface area (Å²) in [6.45, 7) is 1.02. The Kier molecular flexibility index (Phi) is 3.59. The molecule has 0 spiro atoms. The highest BCUT2D eigenvalue weighted by molar-refractivity contribution is 8.00. The number of thioether (sulfide) groups is 1. The largest absolute Gasteiger partial charge is 0.373 e. The van der Waals surface area contributed by atoms with E-state index in [0.29, 0.717) is 5.92 Å². The third-order valence-electron chi connectivity index (χ3n) is 3.48. The Hall–Kier alpha value is -0.970. The van der Waals surface area contributed by atoms with Gasteiger partial charge in [-0.3, -0.25) is 0 Å². The molecule has 0 amide bonds. The van der Waals surface area contributed by atoms with Crippen molar-refractivity contribution in [1.29, 1.82) is 0 Å². The van der Waals surface area contributed by atoms with Crippen LogP contribution in [0.25, 0.3) is 0 Å². The second-order valence-electron chi connectivity index (χ2n) is 5.04.